The van der Waals surface area contributed by atoms with Crippen LogP contribution < -0.4 is 0 Å². The monoisotopic (exact) mass is 278 g/mol. The summed E-state index contributed by atoms with van der Waals surface area (Å²) in [6.45, 7) is 4.16. The first-order valence-corrected chi connectivity index (χ1v) is 6.43. The van der Waals surface area contributed by atoms with Crippen molar-refractivity contribution in [3.05, 3.63) is 33.9 Å². The highest BCUT2D eigenvalue weighted by Gasteiger charge is 2.32. The van der Waals surface area contributed by atoms with E-state index < -0.39 is 17.0 Å². The Bertz CT molecular complexity index is 455. The van der Waals surface area contributed by atoms with Gasteiger partial charge in [0.1, 0.15) is 0 Å². The molecule has 0 N–H and O–H groups in total. The number of hydrogen-bond acceptors (Lipinski definition) is 0. The smallest absolute Gasteiger partial charge is 0.163 e. The van der Waals surface area contributed by atoms with Crippen molar-refractivity contribution in [1.82, 2.24) is 0 Å². The second-order valence-electron chi connectivity index (χ2n) is 5.38. The van der Waals surface area contributed by atoms with Crippen LogP contribution in [0.1, 0.15) is 43.2 Å². The van der Waals surface area contributed by atoms with Crippen molar-refractivity contribution in [2.24, 2.45) is 5.41 Å². The average molecular weight is 279 g/mol. The Labute approximate surface area is 110 Å². The zero-order chi connectivity index (χ0) is 12.8. The van der Waals surface area contributed by atoms with Crippen molar-refractivity contribution < 1.29 is 8.78 Å². The van der Waals surface area contributed by atoms with E-state index in [-0.39, 0.29) is 16.0 Å². The van der Waals surface area contributed by atoms with Crippen LogP contribution in [-0.4, -0.2) is 0 Å². The number of fused-ring (bicyclic) bond motifs is 1. The molecule has 0 radical (unpaired) electrons. The molecule has 0 aliphatic heterocycles. The van der Waals surface area contributed by atoms with E-state index in [1.807, 2.05) is 0 Å². The van der Waals surface area contributed by atoms with Gasteiger partial charge in [-0.2, -0.15) is 0 Å². The minimum atomic E-state index is -0.917. The summed E-state index contributed by atoms with van der Waals surface area (Å²) in [5.74, 6) is -1.76. The molecule has 0 saturated heterocycles. The van der Waals surface area contributed by atoms with Crippen LogP contribution in [0.5, 0.6) is 0 Å². The first kappa shape index (κ1) is 13.1. The highest BCUT2D eigenvalue weighted by Crippen LogP contribution is 2.45. The molecule has 1 aliphatic rings. The maximum atomic E-state index is 13.8. The van der Waals surface area contributed by atoms with Gasteiger partial charge in [0.15, 0.2) is 11.6 Å². The molecule has 94 valence electrons. The van der Waals surface area contributed by atoms with E-state index in [2.05, 4.69) is 13.8 Å². The fraction of sp³-hybridized carbons (Fsp3) is 0.538. The molecule has 1 atom stereocenters. The topological polar surface area (TPSA) is 0 Å². The van der Waals surface area contributed by atoms with Crippen molar-refractivity contribution in [1.29, 1.82) is 0 Å². The summed E-state index contributed by atoms with van der Waals surface area (Å²) < 4.78 is 27.2. The SMILES string of the molecule is CC1(C)CCc2c(Cl)cc(F)c(F)c2C(Cl)C1. The van der Waals surface area contributed by atoms with Crippen molar-refractivity contribution in [2.45, 2.75) is 38.5 Å². The molecule has 17 heavy (non-hydrogen) atoms. The molecule has 1 aliphatic carbocycles. The van der Waals surface area contributed by atoms with E-state index >= 15 is 0 Å². The second kappa shape index (κ2) is 4.40. The molecule has 0 aromatic heterocycles. The molecule has 0 saturated carbocycles. The van der Waals surface area contributed by atoms with Crippen LogP contribution in [0.4, 0.5) is 8.78 Å². The van der Waals surface area contributed by atoms with Gasteiger partial charge >= 0.3 is 0 Å². The van der Waals surface area contributed by atoms with Gasteiger partial charge in [-0.15, -0.1) is 11.6 Å². The van der Waals surface area contributed by atoms with E-state index in [0.717, 1.165) is 12.5 Å². The molecule has 0 spiro atoms. The summed E-state index contributed by atoms with van der Waals surface area (Å²) in [5, 5.41) is -0.238. The van der Waals surface area contributed by atoms with E-state index in [4.69, 9.17) is 23.2 Å². The number of rotatable bonds is 0. The fourth-order valence-corrected chi connectivity index (χ4v) is 3.32. The lowest BCUT2D eigenvalue weighted by Crippen LogP contribution is -2.12. The number of alkyl halides is 1. The van der Waals surface area contributed by atoms with Gasteiger partial charge in [-0.1, -0.05) is 25.4 Å². The van der Waals surface area contributed by atoms with E-state index in [0.29, 0.717) is 18.4 Å². The van der Waals surface area contributed by atoms with Crippen LogP contribution in [0, 0.1) is 17.0 Å². The molecule has 0 amide bonds. The van der Waals surface area contributed by atoms with Crippen LogP contribution in [0.3, 0.4) is 0 Å². The zero-order valence-corrected chi connectivity index (χ0v) is 11.3. The van der Waals surface area contributed by atoms with Crippen LogP contribution in [-0.2, 0) is 6.42 Å². The lowest BCUT2D eigenvalue weighted by molar-refractivity contribution is 0.312. The third kappa shape index (κ3) is 2.43. The standard InChI is InChI=1S/C13H14Cl2F2/c1-13(2)4-3-7-8(14)5-10(16)12(17)11(7)9(15)6-13/h5,9H,3-4,6H2,1-2H3. The van der Waals surface area contributed by atoms with Crippen LogP contribution in [0.15, 0.2) is 6.07 Å². The number of benzene rings is 1. The van der Waals surface area contributed by atoms with Crippen LogP contribution in [0.25, 0.3) is 0 Å². The van der Waals surface area contributed by atoms with E-state index in [1.165, 1.54) is 0 Å². The van der Waals surface area contributed by atoms with Gasteiger partial charge in [-0.25, -0.2) is 8.78 Å². The van der Waals surface area contributed by atoms with Gasteiger partial charge in [0.2, 0.25) is 0 Å². The molecule has 1 unspecified atom stereocenters. The van der Waals surface area contributed by atoms with Gasteiger partial charge < -0.3 is 0 Å². The summed E-state index contributed by atoms with van der Waals surface area (Å²) in [7, 11) is 0. The highest BCUT2D eigenvalue weighted by molar-refractivity contribution is 6.31. The lowest BCUT2D eigenvalue weighted by Gasteiger charge is -2.23. The fourth-order valence-electron chi connectivity index (χ4n) is 2.38. The third-order valence-electron chi connectivity index (χ3n) is 3.41. The average Bonchev–Trinajstić information content (AvgIpc) is 2.31. The largest absolute Gasteiger partial charge is 0.204 e. The molecular formula is C13H14Cl2F2. The van der Waals surface area contributed by atoms with Gasteiger partial charge in [0, 0.05) is 10.6 Å². The first-order chi connectivity index (χ1) is 7.82. The van der Waals surface area contributed by atoms with E-state index in [1.54, 1.807) is 0 Å². The number of hydrogen-bond donors (Lipinski definition) is 0. The van der Waals surface area contributed by atoms with Crippen molar-refractivity contribution in [2.75, 3.05) is 0 Å². The maximum absolute atomic E-state index is 13.8. The Morgan fingerprint density at radius 1 is 1.35 bits per heavy atom. The summed E-state index contributed by atoms with van der Waals surface area (Å²) in [6, 6.07) is 1.04. The summed E-state index contributed by atoms with van der Waals surface area (Å²) in [5.41, 5.74) is 0.927. The van der Waals surface area contributed by atoms with E-state index in [9.17, 15) is 8.78 Å². The Morgan fingerprint density at radius 3 is 2.65 bits per heavy atom. The van der Waals surface area contributed by atoms with Gasteiger partial charge in [-0.3, -0.25) is 0 Å². The van der Waals surface area contributed by atoms with Crippen LogP contribution >= 0.6 is 23.2 Å². The molecule has 0 bridgehead atoms. The molecule has 1 aromatic carbocycles. The second-order valence-corrected chi connectivity index (χ2v) is 6.32. The third-order valence-corrected chi connectivity index (χ3v) is 4.12. The number of halogens is 4. The summed E-state index contributed by atoms with van der Waals surface area (Å²) in [6.07, 6.45) is 2.13. The highest BCUT2D eigenvalue weighted by atomic mass is 35.5. The molecule has 0 fully saturated rings. The minimum Gasteiger partial charge on any atom is -0.204 e. The first-order valence-electron chi connectivity index (χ1n) is 5.62. The predicted molar refractivity (Wildman–Crippen MR) is 66.7 cm³/mol. The molecule has 1 aromatic rings. The van der Waals surface area contributed by atoms with Crippen molar-refractivity contribution >= 4 is 23.2 Å². The Hall–Kier alpha value is -0.340. The predicted octanol–water partition coefficient (Wildman–Crippen LogP) is 5.26. The molecule has 2 rings (SSSR count). The normalized spacial score (nSPS) is 23.1. The molecule has 0 nitrogen and oxygen atoms in total. The molecular weight excluding hydrogens is 265 g/mol. The Morgan fingerprint density at radius 2 is 2.00 bits per heavy atom. The van der Waals surface area contributed by atoms with Gasteiger partial charge in [0.05, 0.1) is 5.38 Å². The van der Waals surface area contributed by atoms with Crippen LogP contribution in [0.2, 0.25) is 5.02 Å². The van der Waals surface area contributed by atoms with Gasteiger partial charge in [0.25, 0.3) is 0 Å². The van der Waals surface area contributed by atoms with Crippen molar-refractivity contribution in [3.8, 4) is 0 Å². The van der Waals surface area contributed by atoms with Crippen molar-refractivity contribution in [3.63, 3.8) is 0 Å². The van der Waals surface area contributed by atoms with Gasteiger partial charge in [-0.05, 0) is 36.3 Å². The Balaban J connectivity index is 2.59. The zero-order valence-electron chi connectivity index (χ0n) is 9.79. The maximum Gasteiger partial charge on any atom is 0.163 e. The molecule has 0 heterocycles. The quantitative estimate of drug-likeness (QED) is 0.345. The molecule has 4 heteroatoms. The lowest BCUT2D eigenvalue weighted by atomic mass is 9.84. The Kier molecular flexibility index (Phi) is 3.39. The minimum absolute atomic E-state index is 0.0116. The summed E-state index contributed by atoms with van der Waals surface area (Å²) >= 11 is 12.2. The summed E-state index contributed by atoms with van der Waals surface area (Å²) in [4.78, 5) is 0.